The Bertz CT molecular complexity index is 911. The number of carbonyl (C=O) groups excluding carboxylic acids is 1. The first kappa shape index (κ1) is 16.7. The Hall–Kier alpha value is -3.15. The second-order valence-corrected chi connectivity index (χ2v) is 5.13. The van der Waals surface area contributed by atoms with Crippen molar-refractivity contribution in [2.45, 2.75) is 6.61 Å². The summed E-state index contributed by atoms with van der Waals surface area (Å²) in [5.41, 5.74) is 1.18. The number of rotatable bonds is 6. The molecule has 0 aliphatic rings. The van der Waals surface area contributed by atoms with Gasteiger partial charge in [0.25, 0.3) is 0 Å². The van der Waals surface area contributed by atoms with Crippen LogP contribution in [0.5, 0.6) is 11.5 Å². The number of fused-ring (bicyclic) bond motifs is 1. The average molecular weight is 344 g/mol. The van der Waals surface area contributed by atoms with E-state index in [1.165, 1.54) is 25.3 Å². The molecule has 0 aliphatic carbocycles. The van der Waals surface area contributed by atoms with E-state index in [-0.39, 0.29) is 17.3 Å². The fraction of sp³-hybridized carbons (Fsp3) is 0.105. The summed E-state index contributed by atoms with van der Waals surface area (Å²) in [5, 5.41) is 0.768. The summed E-state index contributed by atoms with van der Waals surface area (Å²) in [4.78, 5) is 12.3. The number of para-hydroxylation sites is 1. The van der Waals surface area contributed by atoms with Crippen LogP contribution in [0.15, 0.2) is 59.0 Å². The van der Waals surface area contributed by atoms with Gasteiger partial charge in [-0.25, -0.2) is 0 Å². The van der Waals surface area contributed by atoms with E-state index in [0.717, 1.165) is 5.39 Å². The molecule has 0 aliphatic heterocycles. The fourth-order valence-electron chi connectivity index (χ4n) is 2.33. The number of furan rings is 1. The van der Waals surface area contributed by atoms with Crippen molar-refractivity contribution in [1.82, 2.24) is 0 Å². The molecule has 0 spiro atoms. The molecule has 128 valence electrons. The summed E-state index contributed by atoms with van der Waals surface area (Å²) in [7, 11) is 1.53. The van der Waals surface area contributed by atoms with E-state index in [1.807, 2.05) is 12.1 Å². The summed E-state index contributed by atoms with van der Waals surface area (Å²) in [6.45, 7) is -2.87. The molecule has 1 heterocycles. The Morgan fingerprint density at radius 3 is 2.60 bits per heavy atom. The van der Waals surface area contributed by atoms with Crippen LogP contribution in [0.1, 0.15) is 16.1 Å². The number of hydrogen-bond acceptors (Lipinski definition) is 4. The van der Waals surface area contributed by atoms with Gasteiger partial charge in [0.1, 0.15) is 5.75 Å². The maximum atomic E-state index is 12.3. The molecular formula is C19H14F2O4. The lowest BCUT2D eigenvalue weighted by atomic mass is 10.1. The third-order valence-electron chi connectivity index (χ3n) is 3.50. The summed E-state index contributed by atoms with van der Waals surface area (Å²) in [5.74, 6) is 0.484. The molecule has 6 heteroatoms. The lowest BCUT2D eigenvalue weighted by Crippen LogP contribution is -2.01. The molecule has 0 unspecified atom stereocenters. The Labute approximate surface area is 142 Å². The van der Waals surface area contributed by atoms with Gasteiger partial charge in [0.2, 0.25) is 5.78 Å². The zero-order chi connectivity index (χ0) is 17.8. The third-order valence-corrected chi connectivity index (χ3v) is 3.50. The zero-order valence-corrected chi connectivity index (χ0v) is 13.2. The number of benzene rings is 2. The van der Waals surface area contributed by atoms with E-state index in [4.69, 9.17) is 9.15 Å². The number of halogens is 2. The van der Waals surface area contributed by atoms with Gasteiger partial charge < -0.3 is 13.9 Å². The highest BCUT2D eigenvalue weighted by molar-refractivity contribution is 6.07. The minimum atomic E-state index is -2.87. The molecule has 1 aromatic heterocycles. The van der Waals surface area contributed by atoms with Crippen LogP contribution < -0.4 is 9.47 Å². The van der Waals surface area contributed by atoms with Crippen LogP contribution in [-0.4, -0.2) is 19.5 Å². The first-order chi connectivity index (χ1) is 12.1. The highest BCUT2D eigenvalue weighted by Crippen LogP contribution is 2.28. The van der Waals surface area contributed by atoms with Crippen molar-refractivity contribution in [3.8, 4) is 11.5 Å². The van der Waals surface area contributed by atoms with E-state index in [9.17, 15) is 13.6 Å². The maximum Gasteiger partial charge on any atom is 0.387 e. The highest BCUT2D eigenvalue weighted by atomic mass is 19.3. The van der Waals surface area contributed by atoms with Crippen molar-refractivity contribution in [3.63, 3.8) is 0 Å². The predicted octanol–water partition coefficient (Wildman–Crippen LogP) is 4.94. The number of hydrogen-bond donors (Lipinski definition) is 0. The first-order valence-electron chi connectivity index (χ1n) is 7.40. The molecule has 0 bridgehead atoms. The van der Waals surface area contributed by atoms with E-state index in [1.54, 1.807) is 30.3 Å². The van der Waals surface area contributed by atoms with Gasteiger partial charge in [0.15, 0.2) is 17.1 Å². The third kappa shape index (κ3) is 3.85. The Morgan fingerprint density at radius 1 is 1.16 bits per heavy atom. The SMILES string of the molecule is COc1cccc2cc(C(=O)/C=C/c3ccc(OC(F)F)cc3)oc12. The topological polar surface area (TPSA) is 48.7 Å². The van der Waals surface area contributed by atoms with E-state index < -0.39 is 6.61 Å². The summed E-state index contributed by atoms with van der Waals surface area (Å²) < 4.78 is 39.3. The van der Waals surface area contributed by atoms with Gasteiger partial charge in [-0.15, -0.1) is 0 Å². The second-order valence-electron chi connectivity index (χ2n) is 5.13. The van der Waals surface area contributed by atoms with Crippen molar-refractivity contribution in [2.24, 2.45) is 0 Å². The average Bonchev–Trinajstić information content (AvgIpc) is 3.04. The lowest BCUT2D eigenvalue weighted by Gasteiger charge is -2.03. The normalized spacial score (nSPS) is 11.4. The highest BCUT2D eigenvalue weighted by Gasteiger charge is 2.12. The van der Waals surface area contributed by atoms with Crippen LogP contribution >= 0.6 is 0 Å². The molecule has 0 N–H and O–H groups in total. The van der Waals surface area contributed by atoms with Gasteiger partial charge in [0.05, 0.1) is 7.11 Å². The molecule has 0 saturated heterocycles. The van der Waals surface area contributed by atoms with Crippen molar-refractivity contribution < 1.29 is 27.5 Å². The summed E-state index contributed by atoms with van der Waals surface area (Å²) in [6, 6.07) is 13.0. The van der Waals surface area contributed by atoms with Crippen molar-refractivity contribution >= 4 is 22.8 Å². The molecule has 0 amide bonds. The van der Waals surface area contributed by atoms with Crippen LogP contribution in [-0.2, 0) is 0 Å². The second kappa shape index (κ2) is 7.17. The molecule has 0 saturated carbocycles. The lowest BCUT2D eigenvalue weighted by molar-refractivity contribution is -0.0498. The van der Waals surface area contributed by atoms with Gasteiger partial charge in [-0.3, -0.25) is 4.79 Å². The smallest absolute Gasteiger partial charge is 0.387 e. The van der Waals surface area contributed by atoms with Crippen LogP contribution in [0.25, 0.3) is 17.0 Å². The minimum Gasteiger partial charge on any atom is -0.493 e. The molecule has 25 heavy (non-hydrogen) atoms. The standard InChI is InChI=1S/C19H14F2O4/c1-23-16-4-2-3-13-11-17(25-18(13)16)15(22)10-7-12-5-8-14(9-6-12)24-19(20)21/h2-11,19H,1H3/b10-7+. The van der Waals surface area contributed by atoms with Crippen LogP contribution in [0.4, 0.5) is 8.78 Å². The zero-order valence-electron chi connectivity index (χ0n) is 13.2. The molecule has 3 aromatic rings. The van der Waals surface area contributed by atoms with Gasteiger partial charge in [-0.1, -0.05) is 30.3 Å². The fourth-order valence-corrected chi connectivity index (χ4v) is 2.33. The Kier molecular flexibility index (Phi) is 4.79. The van der Waals surface area contributed by atoms with Gasteiger partial charge in [-0.2, -0.15) is 8.78 Å². The number of alkyl halides is 2. The largest absolute Gasteiger partial charge is 0.493 e. The van der Waals surface area contributed by atoms with Gasteiger partial charge in [-0.05, 0) is 35.9 Å². The van der Waals surface area contributed by atoms with Crippen LogP contribution in [0.3, 0.4) is 0 Å². The molecule has 0 fully saturated rings. The number of ether oxygens (including phenoxy) is 2. The van der Waals surface area contributed by atoms with Crippen LogP contribution in [0.2, 0.25) is 0 Å². The predicted molar refractivity (Wildman–Crippen MR) is 89.2 cm³/mol. The molecule has 4 nitrogen and oxygen atoms in total. The number of ketones is 1. The number of carbonyl (C=O) groups is 1. The monoisotopic (exact) mass is 344 g/mol. The molecule has 2 aromatic carbocycles. The molecule has 0 atom stereocenters. The minimum absolute atomic E-state index is 0.0582. The number of allylic oxidation sites excluding steroid dienone is 1. The van der Waals surface area contributed by atoms with E-state index >= 15 is 0 Å². The molecular weight excluding hydrogens is 330 g/mol. The van der Waals surface area contributed by atoms with E-state index in [0.29, 0.717) is 16.9 Å². The first-order valence-corrected chi connectivity index (χ1v) is 7.40. The summed E-state index contributed by atoms with van der Waals surface area (Å²) in [6.07, 6.45) is 2.92. The van der Waals surface area contributed by atoms with Gasteiger partial charge in [0, 0.05) is 5.39 Å². The van der Waals surface area contributed by atoms with Crippen molar-refractivity contribution in [2.75, 3.05) is 7.11 Å². The quantitative estimate of drug-likeness (QED) is 0.469. The Morgan fingerprint density at radius 2 is 1.92 bits per heavy atom. The molecule has 3 rings (SSSR count). The van der Waals surface area contributed by atoms with Crippen LogP contribution in [0, 0.1) is 0 Å². The molecule has 0 radical (unpaired) electrons. The van der Waals surface area contributed by atoms with Gasteiger partial charge >= 0.3 is 6.61 Å². The Balaban J connectivity index is 1.76. The number of methoxy groups -OCH3 is 1. The van der Waals surface area contributed by atoms with Crippen molar-refractivity contribution in [1.29, 1.82) is 0 Å². The van der Waals surface area contributed by atoms with E-state index in [2.05, 4.69) is 4.74 Å². The maximum absolute atomic E-state index is 12.3. The van der Waals surface area contributed by atoms with Crippen molar-refractivity contribution in [3.05, 3.63) is 65.9 Å². The summed E-state index contributed by atoms with van der Waals surface area (Å²) >= 11 is 0.